The van der Waals surface area contributed by atoms with Crippen molar-refractivity contribution in [2.24, 2.45) is 0 Å². The maximum atomic E-state index is 12.4. The fourth-order valence-electron chi connectivity index (χ4n) is 2.88. The monoisotopic (exact) mass is 416 g/mol. The summed E-state index contributed by atoms with van der Waals surface area (Å²) in [6.07, 6.45) is -0.867. The number of para-hydroxylation sites is 2. The summed E-state index contributed by atoms with van der Waals surface area (Å²) in [4.78, 5) is 38.3. The summed E-state index contributed by atoms with van der Waals surface area (Å²) in [6.45, 7) is 1.63. The molecule has 152 valence electrons. The third-order valence-electron chi connectivity index (χ3n) is 4.41. The third kappa shape index (κ3) is 5.26. The van der Waals surface area contributed by atoms with Crippen LogP contribution >= 0.6 is 11.6 Å². The van der Waals surface area contributed by atoms with E-state index in [0.717, 1.165) is 5.56 Å². The zero-order chi connectivity index (χ0) is 20.8. The van der Waals surface area contributed by atoms with Crippen molar-refractivity contribution >= 4 is 35.1 Å². The molecule has 8 heteroatoms. The highest BCUT2D eigenvalue weighted by molar-refractivity contribution is 6.31. The predicted octanol–water partition coefficient (Wildman–Crippen LogP) is 2.70. The summed E-state index contributed by atoms with van der Waals surface area (Å²) in [7, 11) is 0. The number of fused-ring (bicyclic) bond motifs is 1. The average molecular weight is 417 g/mol. The van der Waals surface area contributed by atoms with E-state index in [2.05, 4.69) is 5.32 Å². The Morgan fingerprint density at radius 2 is 1.93 bits per heavy atom. The molecule has 1 atom stereocenters. The number of ether oxygens (including phenoxy) is 2. The van der Waals surface area contributed by atoms with Crippen LogP contribution in [0.25, 0.3) is 0 Å². The van der Waals surface area contributed by atoms with Crippen LogP contribution in [0.15, 0.2) is 48.5 Å². The topological polar surface area (TPSA) is 84.9 Å². The van der Waals surface area contributed by atoms with Gasteiger partial charge in [-0.3, -0.25) is 19.3 Å². The van der Waals surface area contributed by atoms with Crippen LogP contribution in [0.5, 0.6) is 5.75 Å². The molecule has 2 amide bonds. The van der Waals surface area contributed by atoms with Gasteiger partial charge >= 0.3 is 5.97 Å². The lowest BCUT2D eigenvalue weighted by Gasteiger charge is -2.22. The molecule has 0 bridgehead atoms. The van der Waals surface area contributed by atoms with Gasteiger partial charge in [0.25, 0.3) is 5.91 Å². The van der Waals surface area contributed by atoms with Gasteiger partial charge in [0.15, 0.2) is 6.10 Å². The lowest BCUT2D eigenvalue weighted by Crippen LogP contribution is -2.40. The summed E-state index contributed by atoms with van der Waals surface area (Å²) in [5.41, 5.74) is 1.26. The lowest BCUT2D eigenvalue weighted by molar-refractivity contribution is -0.153. The summed E-state index contributed by atoms with van der Waals surface area (Å²) in [5, 5.41) is 3.22. The minimum Gasteiger partial charge on any atom is -0.491 e. The number of carbonyl (C=O) groups is 3. The summed E-state index contributed by atoms with van der Waals surface area (Å²) in [5.74, 6) is -0.862. The Hall–Kier alpha value is -3.06. The molecule has 0 saturated carbocycles. The van der Waals surface area contributed by atoms with E-state index >= 15 is 0 Å². The normalized spacial score (nSPS) is 14.3. The molecule has 0 saturated heterocycles. The Morgan fingerprint density at radius 3 is 2.72 bits per heavy atom. The SMILES string of the molecule is C[C@H](OC(=O)CN1C(=O)CCOc2ccccc21)C(=O)NCc1ccccc1Cl. The molecule has 2 aromatic carbocycles. The van der Waals surface area contributed by atoms with E-state index < -0.39 is 18.0 Å². The number of nitrogens with one attached hydrogen (secondary N) is 1. The summed E-state index contributed by atoms with van der Waals surface area (Å²) >= 11 is 6.06. The average Bonchev–Trinajstić information content (AvgIpc) is 2.86. The first-order valence-electron chi connectivity index (χ1n) is 9.18. The number of hydrogen-bond donors (Lipinski definition) is 1. The highest BCUT2D eigenvalue weighted by Crippen LogP contribution is 2.30. The van der Waals surface area contributed by atoms with Crippen LogP contribution in [-0.2, 0) is 25.7 Å². The molecule has 1 aliphatic heterocycles. The molecular formula is C21H21ClN2O5. The first kappa shape index (κ1) is 20.7. The van der Waals surface area contributed by atoms with Crippen LogP contribution in [0, 0.1) is 0 Å². The maximum absolute atomic E-state index is 12.4. The van der Waals surface area contributed by atoms with Crippen molar-refractivity contribution in [3.8, 4) is 5.75 Å². The van der Waals surface area contributed by atoms with Gasteiger partial charge in [-0.25, -0.2) is 0 Å². The third-order valence-corrected chi connectivity index (χ3v) is 4.77. The molecule has 29 heavy (non-hydrogen) atoms. The number of nitrogens with zero attached hydrogens (tertiary/aromatic N) is 1. The number of esters is 1. The number of benzene rings is 2. The van der Waals surface area contributed by atoms with Gasteiger partial charge in [-0.1, -0.05) is 41.9 Å². The lowest BCUT2D eigenvalue weighted by atomic mass is 10.2. The summed E-state index contributed by atoms with van der Waals surface area (Å²) < 4.78 is 10.8. The van der Waals surface area contributed by atoms with Crippen LogP contribution < -0.4 is 15.0 Å². The van der Waals surface area contributed by atoms with E-state index in [4.69, 9.17) is 21.1 Å². The number of amides is 2. The van der Waals surface area contributed by atoms with Crippen molar-refractivity contribution < 1.29 is 23.9 Å². The number of halogens is 1. The van der Waals surface area contributed by atoms with Crippen LogP contribution in [0.4, 0.5) is 5.69 Å². The van der Waals surface area contributed by atoms with E-state index in [-0.39, 0.29) is 32.0 Å². The molecule has 2 aromatic rings. The molecular weight excluding hydrogens is 396 g/mol. The molecule has 0 fully saturated rings. The van der Waals surface area contributed by atoms with Crippen LogP contribution in [0.3, 0.4) is 0 Å². The van der Waals surface area contributed by atoms with E-state index in [0.29, 0.717) is 16.5 Å². The molecule has 0 spiro atoms. The Balaban J connectivity index is 1.57. The van der Waals surface area contributed by atoms with Gasteiger partial charge in [0, 0.05) is 11.6 Å². The molecule has 0 radical (unpaired) electrons. The first-order chi connectivity index (χ1) is 14.0. The van der Waals surface area contributed by atoms with Gasteiger partial charge in [-0.05, 0) is 30.7 Å². The van der Waals surface area contributed by atoms with E-state index in [1.165, 1.54) is 11.8 Å². The van der Waals surface area contributed by atoms with Crippen molar-refractivity contribution in [1.82, 2.24) is 5.32 Å². The molecule has 0 aliphatic carbocycles. The predicted molar refractivity (Wildman–Crippen MR) is 108 cm³/mol. The number of rotatable bonds is 6. The second kappa shape index (κ2) is 9.43. The van der Waals surface area contributed by atoms with Crippen LogP contribution in [-0.4, -0.2) is 37.0 Å². The minimum atomic E-state index is -1.02. The molecule has 1 heterocycles. The molecule has 0 aromatic heterocycles. The Bertz CT molecular complexity index is 917. The number of anilines is 1. The van der Waals surface area contributed by atoms with E-state index in [1.54, 1.807) is 42.5 Å². The van der Waals surface area contributed by atoms with Gasteiger partial charge in [-0.15, -0.1) is 0 Å². The summed E-state index contributed by atoms with van der Waals surface area (Å²) in [6, 6.07) is 14.1. The van der Waals surface area contributed by atoms with Crippen LogP contribution in [0.1, 0.15) is 18.9 Å². The molecule has 7 nitrogen and oxygen atoms in total. The van der Waals surface area contributed by atoms with Crippen molar-refractivity contribution in [3.63, 3.8) is 0 Å². The standard InChI is InChI=1S/C21H21ClN2O5/c1-14(21(27)23-12-15-6-2-3-7-16(15)22)29-20(26)13-24-17-8-4-5-9-18(17)28-11-10-19(24)25/h2-9,14H,10-13H2,1H3,(H,23,27)/t14-/m0/s1. The quantitative estimate of drug-likeness (QED) is 0.732. The Labute approximate surface area is 173 Å². The number of hydrogen-bond acceptors (Lipinski definition) is 5. The van der Waals surface area contributed by atoms with E-state index in [9.17, 15) is 14.4 Å². The van der Waals surface area contributed by atoms with Gasteiger partial charge < -0.3 is 14.8 Å². The molecule has 0 unspecified atom stereocenters. The van der Waals surface area contributed by atoms with Crippen molar-refractivity contribution in [3.05, 3.63) is 59.1 Å². The highest BCUT2D eigenvalue weighted by atomic mass is 35.5. The zero-order valence-electron chi connectivity index (χ0n) is 15.9. The second-order valence-corrected chi connectivity index (χ2v) is 6.89. The Kier molecular flexibility index (Phi) is 6.72. The fraction of sp³-hybridized carbons (Fsp3) is 0.286. The van der Waals surface area contributed by atoms with Crippen molar-refractivity contribution in [2.45, 2.75) is 26.0 Å². The molecule has 3 rings (SSSR count). The molecule has 1 aliphatic rings. The highest BCUT2D eigenvalue weighted by Gasteiger charge is 2.27. The molecule has 1 N–H and O–H groups in total. The fourth-order valence-corrected chi connectivity index (χ4v) is 3.08. The van der Waals surface area contributed by atoms with Crippen molar-refractivity contribution in [2.75, 3.05) is 18.1 Å². The zero-order valence-corrected chi connectivity index (χ0v) is 16.6. The van der Waals surface area contributed by atoms with Crippen molar-refractivity contribution in [1.29, 1.82) is 0 Å². The second-order valence-electron chi connectivity index (χ2n) is 6.49. The van der Waals surface area contributed by atoms with E-state index in [1.807, 2.05) is 6.07 Å². The first-order valence-corrected chi connectivity index (χ1v) is 9.56. The maximum Gasteiger partial charge on any atom is 0.326 e. The van der Waals surface area contributed by atoms with Gasteiger partial charge in [-0.2, -0.15) is 0 Å². The van der Waals surface area contributed by atoms with Gasteiger partial charge in [0.05, 0.1) is 18.7 Å². The smallest absolute Gasteiger partial charge is 0.326 e. The Morgan fingerprint density at radius 1 is 1.21 bits per heavy atom. The van der Waals surface area contributed by atoms with Gasteiger partial charge in [0.2, 0.25) is 5.91 Å². The number of carbonyl (C=O) groups excluding carboxylic acids is 3. The largest absolute Gasteiger partial charge is 0.491 e. The minimum absolute atomic E-state index is 0.149. The van der Waals surface area contributed by atoms with Gasteiger partial charge in [0.1, 0.15) is 12.3 Å². The van der Waals surface area contributed by atoms with Crippen LogP contribution in [0.2, 0.25) is 5.02 Å².